The van der Waals surface area contributed by atoms with Crippen molar-refractivity contribution in [1.29, 1.82) is 0 Å². The molecule has 0 unspecified atom stereocenters. The molecule has 27 heavy (non-hydrogen) atoms. The van der Waals surface area contributed by atoms with Crippen molar-refractivity contribution in [3.63, 3.8) is 0 Å². The number of thioether (sulfide) groups is 1. The van der Waals surface area contributed by atoms with Gasteiger partial charge in [0.2, 0.25) is 5.91 Å². The van der Waals surface area contributed by atoms with Gasteiger partial charge in [0.25, 0.3) is 0 Å². The van der Waals surface area contributed by atoms with E-state index in [1.807, 2.05) is 37.3 Å². The predicted octanol–water partition coefficient (Wildman–Crippen LogP) is 3.88. The molecular weight excluding hydrogens is 376 g/mol. The molecule has 3 rings (SSSR count). The number of carbonyl (C=O) groups excluding carboxylic acids is 1. The minimum absolute atomic E-state index is 0.0418. The first-order chi connectivity index (χ1) is 13.2. The van der Waals surface area contributed by atoms with E-state index in [1.54, 1.807) is 23.1 Å². The number of thiazole rings is 1. The number of para-hydroxylation sites is 1. The maximum absolute atomic E-state index is 12.6. The summed E-state index contributed by atoms with van der Waals surface area (Å²) in [5.74, 6) is 0.866. The monoisotopic (exact) mass is 402 g/mol. The van der Waals surface area contributed by atoms with Crippen molar-refractivity contribution in [3.05, 3.63) is 48.0 Å². The number of nitrogens with one attached hydrogen (secondary N) is 1. The Balaban J connectivity index is 1.53. The first-order valence-electron chi connectivity index (χ1n) is 9.17. The maximum atomic E-state index is 12.6. The van der Waals surface area contributed by atoms with Crippen molar-refractivity contribution >= 4 is 39.8 Å². The Morgan fingerprint density at radius 2 is 2.19 bits per heavy atom. The molecule has 1 aromatic carbocycles. The number of amides is 1. The van der Waals surface area contributed by atoms with Crippen LogP contribution in [0.1, 0.15) is 12.1 Å². The van der Waals surface area contributed by atoms with Crippen molar-refractivity contribution in [1.82, 2.24) is 9.88 Å². The molecule has 0 atom stereocenters. The molecule has 1 N–H and O–H groups in total. The van der Waals surface area contributed by atoms with Gasteiger partial charge in [-0.2, -0.15) is 0 Å². The van der Waals surface area contributed by atoms with Crippen molar-refractivity contribution < 1.29 is 4.79 Å². The molecule has 1 fully saturated rings. The molecule has 0 radical (unpaired) electrons. The molecule has 7 heteroatoms. The summed E-state index contributed by atoms with van der Waals surface area (Å²) in [5.41, 5.74) is 1.95. The summed E-state index contributed by atoms with van der Waals surface area (Å²) >= 11 is 3.38. The molecule has 1 aliphatic rings. The highest BCUT2D eigenvalue weighted by Gasteiger charge is 2.19. The lowest BCUT2D eigenvalue weighted by molar-refractivity contribution is -0.117. The largest absolute Gasteiger partial charge is 0.347 e. The fraction of sp³-hybridized carbons (Fsp3) is 0.400. The van der Waals surface area contributed by atoms with Gasteiger partial charge < -0.3 is 10.2 Å². The summed E-state index contributed by atoms with van der Waals surface area (Å²) in [7, 11) is 0. The van der Waals surface area contributed by atoms with Gasteiger partial charge in [-0.3, -0.25) is 9.69 Å². The van der Waals surface area contributed by atoms with Crippen molar-refractivity contribution in [2.24, 2.45) is 0 Å². The zero-order valence-electron chi connectivity index (χ0n) is 15.7. The smallest absolute Gasteiger partial charge is 0.238 e. The van der Waals surface area contributed by atoms with Crippen LogP contribution in [0.4, 0.5) is 10.8 Å². The Bertz CT molecular complexity index is 777. The molecule has 0 aliphatic carbocycles. The van der Waals surface area contributed by atoms with Crippen LogP contribution in [0.3, 0.4) is 0 Å². The Morgan fingerprint density at radius 1 is 1.33 bits per heavy atom. The molecule has 5 nitrogen and oxygen atoms in total. The van der Waals surface area contributed by atoms with E-state index in [0.29, 0.717) is 6.54 Å². The maximum Gasteiger partial charge on any atom is 0.238 e. The van der Waals surface area contributed by atoms with Gasteiger partial charge in [-0.15, -0.1) is 29.7 Å². The molecule has 144 valence electrons. The molecule has 0 spiro atoms. The number of aromatic nitrogens is 1. The van der Waals surface area contributed by atoms with Crippen LogP contribution in [0, 0.1) is 6.92 Å². The molecule has 0 saturated carbocycles. The molecule has 1 amide bonds. The third-order valence-electron chi connectivity index (χ3n) is 4.35. The minimum atomic E-state index is 0.0418. The van der Waals surface area contributed by atoms with Crippen molar-refractivity contribution in [2.45, 2.75) is 18.2 Å². The number of hydrogen-bond donors (Lipinski definition) is 1. The minimum Gasteiger partial charge on any atom is -0.347 e. The normalized spacial score (nSPS) is 15.4. The van der Waals surface area contributed by atoms with Crippen LogP contribution in [0.5, 0.6) is 0 Å². The summed E-state index contributed by atoms with van der Waals surface area (Å²) in [5, 5.41) is 6.25. The highest BCUT2D eigenvalue weighted by Crippen LogP contribution is 2.27. The van der Waals surface area contributed by atoms with Crippen LogP contribution in [-0.2, 0) is 4.79 Å². The van der Waals surface area contributed by atoms with Crippen LogP contribution in [0.15, 0.2) is 47.2 Å². The topological polar surface area (TPSA) is 48.5 Å². The van der Waals surface area contributed by atoms with Crippen molar-refractivity contribution in [2.75, 3.05) is 48.7 Å². The van der Waals surface area contributed by atoms with Gasteiger partial charge >= 0.3 is 0 Å². The average molecular weight is 403 g/mol. The number of anilines is 2. The summed E-state index contributed by atoms with van der Waals surface area (Å²) in [6.07, 6.45) is 2.91. The number of carbonyl (C=O) groups is 1. The first kappa shape index (κ1) is 19.9. The van der Waals surface area contributed by atoms with Gasteiger partial charge in [-0.25, -0.2) is 4.98 Å². The second-order valence-corrected chi connectivity index (χ2v) is 8.43. The molecule has 0 bridgehead atoms. The van der Waals surface area contributed by atoms with Crippen LogP contribution in [0.2, 0.25) is 0 Å². The zero-order chi connectivity index (χ0) is 19.1. The Kier molecular flexibility index (Phi) is 7.32. The fourth-order valence-electron chi connectivity index (χ4n) is 3.04. The van der Waals surface area contributed by atoms with Crippen molar-refractivity contribution in [3.8, 4) is 0 Å². The fourth-order valence-corrected chi connectivity index (χ4v) is 4.65. The highest BCUT2D eigenvalue weighted by molar-refractivity contribution is 7.99. The second-order valence-electron chi connectivity index (χ2n) is 6.53. The summed E-state index contributed by atoms with van der Waals surface area (Å²) in [4.78, 5) is 22.8. The Hall–Kier alpha value is -1.83. The first-order valence-corrected chi connectivity index (χ1v) is 11.0. The van der Waals surface area contributed by atoms with Crippen LogP contribution < -0.4 is 10.2 Å². The number of aryl methyl sites for hydroxylation is 1. The Morgan fingerprint density at radius 3 is 2.96 bits per heavy atom. The summed E-state index contributed by atoms with van der Waals surface area (Å²) in [6.45, 7) is 9.92. The van der Waals surface area contributed by atoms with E-state index in [9.17, 15) is 4.79 Å². The quantitative estimate of drug-likeness (QED) is 0.563. The molecule has 2 aromatic rings. The molecular formula is C20H26N4OS2. The van der Waals surface area contributed by atoms with E-state index in [4.69, 9.17) is 0 Å². The molecule has 1 aliphatic heterocycles. The molecule has 1 saturated heterocycles. The van der Waals surface area contributed by atoms with E-state index in [2.05, 4.69) is 32.1 Å². The second kappa shape index (κ2) is 9.92. The van der Waals surface area contributed by atoms with Gasteiger partial charge in [-0.1, -0.05) is 18.2 Å². The number of benzene rings is 1. The van der Waals surface area contributed by atoms with Gasteiger partial charge in [0.15, 0.2) is 5.13 Å². The lowest BCUT2D eigenvalue weighted by Crippen LogP contribution is -2.36. The van der Waals surface area contributed by atoms with Gasteiger partial charge in [-0.05, 0) is 25.5 Å². The van der Waals surface area contributed by atoms with Crippen LogP contribution >= 0.6 is 23.1 Å². The lowest BCUT2D eigenvalue weighted by atomic mass is 10.3. The van der Waals surface area contributed by atoms with E-state index in [1.165, 1.54) is 0 Å². The van der Waals surface area contributed by atoms with E-state index in [-0.39, 0.29) is 5.91 Å². The summed E-state index contributed by atoms with van der Waals surface area (Å²) in [6, 6.07) is 7.93. The highest BCUT2D eigenvalue weighted by atomic mass is 32.2. The number of rotatable bonds is 7. The molecule has 1 aromatic heterocycles. The molecule has 2 heterocycles. The van der Waals surface area contributed by atoms with Crippen LogP contribution in [-0.4, -0.2) is 54.3 Å². The lowest BCUT2D eigenvalue weighted by Gasteiger charge is -2.21. The summed E-state index contributed by atoms with van der Waals surface area (Å²) < 4.78 is 0. The third-order valence-corrected chi connectivity index (χ3v) is 6.44. The zero-order valence-corrected chi connectivity index (χ0v) is 17.3. The van der Waals surface area contributed by atoms with Gasteiger partial charge in [0, 0.05) is 42.2 Å². The van der Waals surface area contributed by atoms with E-state index >= 15 is 0 Å². The third kappa shape index (κ3) is 5.82. The van der Waals surface area contributed by atoms with Gasteiger partial charge in [0.05, 0.1) is 17.9 Å². The average Bonchev–Trinajstić information content (AvgIpc) is 2.96. The van der Waals surface area contributed by atoms with Gasteiger partial charge in [0.1, 0.15) is 0 Å². The standard InChI is InChI=1S/C20H26N4OS2/c1-3-13-26-18-8-5-4-7-17(18)22-19(25)14-23-9-6-10-24(12-11-23)20-21-16(2)15-27-20/h3-5,7-8,15H,1,6,9-14H2,2H3,(H,22,25). The Labute approximate surface area is 169 Å². The SMILES string of the molecule is C=CCSc1ccccc1NC(=O)CN1CCCN(c2nc(C)cs2)CC1. The number of nitrogens with zero attached hydrogens (tertiary/aromatic N) is 3. The predicted molar refractivity (Wildman–Crippen MR) is 116 cm³/mol. The number of hydrogen-bond acceptors (Lipinski definition) is 6. The van der Waals surface area contributed by atoms with E-state index < -0.39 is 0 Å². The van der Waals surface area contributed by atoms with Crippen LogP contribution in [0.25, 0.3) is 0 Å². The van der Waals surface area contributed by atoms with E-state index in [0.717, 1.165) is 59.8 Å².